The smallest absolute Gasteiger partial charge is 0.272 e. The van der Waals surface area contributed by atoms with Gasteiger partial charge in [-0.25, -0.2) is 10.5 Å². The number of rotatable bonds is 7. The Morgan fingerprint density at radius 3 is 2.59 bits per heavy atom. The lowest BCUT2D eigenvalue weighted by Gasteiger charge is -2.18. The predicted molar refractivity (Wildman–Crippen MR) is 144 cm³/mol. The summed E-state index contributed by atoms with van der Waals surface area (Å²) >= 11 is 5.46. The molecule has 0 fully saturated rings. The van der Waals surface area contributed by atoms with Crippen molar-refractivity contribution in [2.24, 2.45) is 5.10 Å². The molecule has 2 heterocycles. The molecular weight excluding hydrogens is 585 g/mol. The van der Waals surface area contributed by atoms with Crippen molar-refractivity contribution in [2.75, 3.05) is 6.26 Å². The van der Waals surface area contributed by atoms with Gasteiger partial charge in [0.25, 0.3) is 17.4 Å². The zero-order valence-corrected chi connectivity index (χ0v) is 21.5. The third-order valence-electron chi connectivity index (χ3n) is 4.83. The van der Waals surface area contributed by atoms with E-state index in [1.54, 1.807) is 83.9 Å². The van der Waals surface area contributed by atoms with E-state index in [-0.39, 0.29) is 11.3 Å². The third kappa shape index (κ3) is 5.37. The second kappa shape index (κ2) is 10.9. The van der Waals surface area contributed by atoms with Crippen LogP contribution in [-0.2, 0) is 4.79 Å². The van der Waals surface area contributed by atoms with E-state index < -0.39 is 17.9 Å². The minimum absolute atomic E-state index is 0.210. The summed E-state index contributed by atoms with van der Waals surface area (Å²) in [7, 11) is 0. The number of aromatic amines is 1. The lowest BCUT2D eigenvalue weighted by atomic mass is 10.0. The average Bonchev–Trinajstić information content (AvgIpc) is 3.23. The van der Waals surface area contributed by atoms with Crippen molar-refractivity contribution in [3.63, 3.8) is 0 Å². The molecule has 0 bridgehead atoms. The van der Waals surface area contributed by atoms with Crippen LogP contribution in [0, 0.1) is 2.88 Å². The highest BCUT2D eigenvalue weighted by molar-refractivity contribution is 14.1. The fraction of sp³-hybridized carbons (Fsp3) is 0.0870. The van der Waals surface area contributed by atoms with Gasteiger partial charge >= 0.3 is 0 Å². The van der Waals surface area contributed by atoms with Crippen LogP contribution in [0.4, 0.5) is 0 Å². The van der Waals surface area contributed by atoms with Crippen LogP contribution in [-0.4, -0.2) is 34.5 Å². The summed E-state index contributed by atoms with van der Waals surface area (Å²) < 4.78 is 2.18. The number of hydrogen-bond donors (Lipinski definition) is 3. The zero-order chi connectivity index (χ0) is 24.1. The minimum atomic E-state index is -1.20. The molecule has 2 amide bonds. The topological polar surface area (TPSA) is 116 Å². The Balaban J connectivity index is 1.67. The van der Waals surface area contributed by atoms with Gasteiger partial charge in [-0.15, -0.1) is 23.1 Å². The Hall–Kier alpha value is -3.03. The van der Waals surface area contributed by atoms with E-state index >= 15 is 0 Å². The van der Waals surface area contributed by atoms with Gasteiger partial charge in [0, 0.05) is 16.5 Å². The molecule has 0 aliphatic rings. The number of halogens is 1. The lowest BCUT2D eigenvalue weighted by molar-refractivity contribution is -0.123. The SMILES string of the molecule is CSc1sc(I)cc1/C=N\NC(=O)[C@@H](NC(=O)c1ccccc1)c1n[nH]c(=O)c2ccccc12. The molecule has 0 radical (unpaired) electrons. The van der Waals surface area contributed by atoms with Crippen molar-refractivity contribution in [3.05, 3.63) is 90.7 Å². The van der Waals surface area contributed by atoms with Crippen molar-refractivity contribution >= 4 is 74.5 Å². The molecule has 11 heteroatoms. The van der Waals surface area contributed by atoms with Crippen LogP contribution in [0.5, 0.6) is 0 Å². The first-order chi connectivity index (χ1) is 16.5. The monoisotopic (exact) mass is 603 g/mol. The molecule has 2 aromatic heterocycles. The number of nitrogens with zero attached hydrogens (tertiary/aromatic N) is 2. The number of carbonyl (C=O) groups is 2. The molecule has 2 aromatic carbocycles. The summed E-state index contributed by atoms with van der Waals surface area (Å²) in [6.45, 7) is 0. The van der Waals surface area contributed by atoms with Gasteiger partial charge in [-0.2, -0.15) is 10.2 Å². The number of nitrogens with one attached hydrogen (secondary N) is 3. The Morgan fingerprint density at radius 2 is 1.85 bits per heavy atom. The first-order valence-corrected chi connectivity index (χ1v) is 13.1. The van der Waals surface area contributed by atoms with Crippen molar-refractivity contribution in [3.8, 4) is 0 Å². The van der Waals surface area contributed by atoms with Gasteiger partial charge in [0.2, 0.25) is 0 Å². The third-order valence-corrected chi connectivity index (χ3v) is 7.89. The molecule has 3 N–H and O–H groups in total. The number of H-pyrrole nitrogens is 1. The summed E-state index contributed by atoms with van der Waals surface area (Å²) in [4.78, 5) is 38.3. The highest BCUT2D eigenvalue weighted by Gasteiger charge is 2.27. The van der Waals surface area contributed by atoms with Crippen LogP contribution >= 0.6 is 45.7 Å². The number of amides is 2. The molecule has 0 spiro atoms. The van der Waals surface area contributed by atoms with Gasteiger partial charge in [0.05, 0.1) is 18.7 Å². The molecule has 34 heavy (non-hydrogen) atoms. The normalized spacial score (nSPS) is 12.1. The highest BCUT2D eigenvalue weighted by atomic mass is 127. The number of carbonyl (C=O) groups excluding carboxylic acids is 2. The van der Waals surface area contributed by atoms with E-state index in [1.807, 2.05) is 12.3 Å². The number of thiophene rings is 1. The molecule has 8 nitrogen and oxygen atoms in total. The molecular formula is C23H18IN5O3S2. The van der Waals surface area contributed by atoms with Crippen molar-refractivity contribution < 1.29 is 9.59 Å². The van der Waals surface area contributed by atoms with Crippen LogP contribution in [0.15, 0.2) is 74.8 Å². The van der Waals surface area contributed by atoms with Gasteiger partial charge < -0.3 is 5.32 Å². The second-order valence-electron chi connectivity index (χ2n) is 6.99. The van der Waals surface area contributed by atoms with Gasteiger partial charge in [0.15, 0.2) is 6.04 Å². The summed E-state index contributed by atoms with van der Waals surface area (Å²) in [6.07, 6.45) is 3.54. The number of aromatic nitrogens is 2. The van der Waals surface area contributed by atoms with Crippen LogP contribution in [0.25, 0.3) is 10.8 Å². The van der Waals surface area contributed by atoms with E-state index in [2.05, 4.69) is 48.6 Å². The second-order valence-corrected chi connectivity index (χ2v) is 11.0. The number of benzene rings is 2. The fourth-order valence-corrected chi connectivity index (χ4v) is 6.24. The van der Waals surface area contributed by atoms with Gasteiger partial charge in [0.1, 0.15) is 5.69 Å². The van der Waals surface area contributed by atoms with Gasteiger partial charge in [-0.3, -0.25) is 14.4 Å². The maximum atomic E-state index is 13.2. The zero-order valence-electron chi connectivity index (χ0n) is 17.7. The quantitative estimate of drug-likeness (QED) is 0.128. The van der Waals surface area contributed by atoms with E-state index in [1.165, 1.54) is 0 Å². The van der Waals surface area contributed by atoms with E-state index in [9.17, 15) is 14.4 Å². The number of fused-ring (bicyclic) bond motifs is 1. The van der Waals surface area contributed by atoms with Crippen LogP contribution in [0.1, 0.15) is 27.7 Å². The molecule has 4 aromatic rings. The first kappa shape index (κ1) is 24.1. The number of thioether (sulfide) groups is 1. The molecule has 4 rings (SSSR count). The average molecular weight is 603 g/mol. The Labute approximate surface area is 216 Å². The van der Waals surface area contributed by atoms with Gasteiger partial charge in [-0.05, 0) is 53.1 Å². The molecule has 1 atom stereocenters. The fourth-order valence-electron chi connectivity index (χ4n) is 3.26. The molecule has 0 aliphatic carbocycles. The lowest BCUT2D eigenvalue weighted by Crippen LogP contribution is -2.40. The minimum Gasteiger partial charge on any atom is -0.335 e. The van der Waals surface area contributed by atoms with E-state index in [0.717, 1.165) is 12.7 Å². The summed E-state index contributed by atoms with van der Waals surface area (Å²) in [5, 5.41) is 14.2. The van der Waals surface area contributed by atoms with Crippen LogP contribution < -0.4 is 16.3 Å². The number of hydrazone groups is 1. The highest BCUT2D eigenvalue weighted by Crippen LogP contribution is 2.30. The van der Waals surface area contributed by atoms with Gasteiger partial charge in [-0.1, -0.05) is 36.4 Å². The predicted octanol–water partition coefficient (Wildman–Crippen LogP) is 3.93. The van der Waals surface area contributed by atoms with Crippen molar-refractivity contribution in [1.82, 2.24) is 20.9 Å². The van der Waals surface area contributed by atoms with Crippen molar-refractivity contribution in [1.29, 1.82) is 0 Å². The Morgan fingerprint density at radius 1 is 1.15 bits per heavy atom. The van der Waals surface area contributed by atoms with Crippen LogP contribution in [0.2, 0.25) is 0 Å². The van der Waals surface area contributed by atoms with Crippen LogP contribution in [0.3, 0.4) is 0 Å². The molecule has 0 aliphatic heterocycles. The van der Waals surface area contributed by atoms with Crippen molar-refractivity contribution in [2.45, 2.75) is 10.3 Å². The number of hydrogen-bond acceptors (Lipinski definition) is 7. The molecule has 0 unspecified atom stereocenters. The largest absolute Gasteiger partial charge is 0.335 e. The molecule has 172 valence electrons. The Kier molecular flexibility index (Phi) is 7.75. The first-order valence-electron chi connectivity index (χ1n) is 9.97. The summed E-state index contributed by atoms with van der Waals surface area (Å²) in [6, 6.07) is 16.1. The van der Waals surface area contributed by atoms with E-state index in [4.69, 9.17) is 0 Å². The molecule has 0 saturated carbocycles. The molecule has 0 saturated heterocycles. The maximum absolute atomic E-state index is 13.2. The standard InChI is InChI=1S/C23H18IN5O3S2/c1-33-23-14(11-17(24)34-23)12-25-28-22(32)19(26-20(30)13-7-3-2-4-8-13)18-15-9-5-6-10-16(15)21(31)29-27-18/h2-12,19H,1H3,(H,26,30)(H,28,32)(H,29,31)/b25-12-/t19-/m0/s1. The summed E-state index contributed by atoms with van der Waals surface area (Å²) in [5.74, 6) is -1.06. The van der Waals surface area contributed by atoms with E-state index in [0.29, 0.717) is 16.3 Å². The Bertz CT molecular complexity index is 1440. The summed E-state index contributed by atoms with van der Waals surface area (Å²) in [5.41, 5.74) is 3.60. The maximum Gasteiger partial charge on any atom is 0.272 e.